The molecular weight excluding hydrogens is 233 g/mol. The Morgan fingerprint density at radius 3 is 2.47 bits per heavy atom. The number of nitrogens with one attached hydrogen (secondary N) is 2. The molecule has 0 amide bonds. The molecule has 0 spiro atoms. The van der Waals surface area contributed by atoms with Crippen LogP contribution < -0.4 is 5.73 Å². The third kappa shape index (κ3) is 3.21. The van der Waals surface area contributed by atoms with Crippen LogP contribution in [0.3, 0.4) is 0 Å². The SMILES string of the molecule is CC(C)c1[nH]nc(C(F)(F)F)c1CCC(=N)N. The van der Waals surface area contributed by atoms with E-state index >= 15 is 0 Å². The Hall–Kier alpha value is -1.53. The second-order valence-electron chi connectivity index (χ2n) is 4.14. The highest BCUT2D eigenvalue weighted by atomic mass is 19.4. The summed E-state index contributed by atoms with van der Waals surface area (Å²) in [6.07, 6.45) is -4.30. The fraction of sp³-hybridized carbons (Fsp3) is 0.600. The lowest BCUT2D eigenvalue weighted by atomic mass is 9.99. The summed E-state index contributed by atoms with van der Waals surface area (Å²) < 4.78 is 38.0. The summed E-state index contributed by atoms with van der Waals surface area (Å²) in [5.74, 6) is -0.213. The van der Waals surface area contributed by atoms with Gasteiger partial charge in [-0.25, -0.2) is 0 Å². The second kappa shape index (κ2) is 4.77. The molecule has 1 aromatic rings. The number of rotatable bonds is 4. The Labute approximate surface area is 96.9 Å². The molecule has 0 aliphatic carbocycles. The van der Waals surface area contributed by atoms with Crippen LogP contribution in [0.15, 0.2) is 0 Å². The number of hydrogen-bond donors (Lipinski definition) is 3. The first-order valence-electron chi connectivity index (χ1n) is 5.20. The standard InChI is InChI=1S/C10H15F3N4/c1-5(2)8-6(3-4-7(14)15)9(17-16-8)10(11,12)13/h5H,3-4H2,1-2H3,(H3,14,15)(H,16,17). The molecule has 1 rings (SSSR count). The molecule has 0 aromatic carbocycles. The fourth-order valence-corrected chi connectivity index (χ4v) is 1.60. The molecule has 4 nitrogen and oxygen atoms in total. The van der Waals surface area contributed by atoms with Gasteiger partial charge in [0.2, 0.25) is 0 Å². The first kappa shape index (κ1) is 13.5. The minimum absolute atomic E-state index is 0.0776. The van der Waals surface area contributed by atoms with Crippen LogP contribution in [0.2, 0.25) is 0 Å². The highest BCUT2D eigenvalue weighted by Crippen LogP contribution is 2.34. The molecule has 4 N–H and O–H groups in total. The molecular formula is C10H15F3N4. The van der Waals surface area contributed by atoms with Crippen LogP contribution in [0.25, 0.3) is 0 Å². The van der Waals surface area contributed by atoms with E-state index in [1.807, 2.05) is 0 Å². The third-order valence-corrected chi connectivity index (χ3v) is 2.39. The minimum atomic E-state index is -4.48. The predicted molar refractivity (Wildman–Crippen MR) is 57.9 cm³/mol. The van der Waals surface area contributed by atoms with E-state index in [9.17, 15) is 13.2 Å². The molecule has 0 fully saturated rings. The summed E-state index contributed by atoms with van der Waals surface area (Å²) in [7, 11) is 0. The number of nitrogens with two attached hydrogens (primary N) is 1. The first-order valence-corrected chi connectivity index (χ1v) is 5.20. The van der Waals surface area contributed by atoms with Gasteiger partial charge in [0.05, 0.1) is 5.84 Å². The lowest BCUT2D eigenvalue weighted by molar-refractivity contribution is -0.141. The Balaban J connectivity index is 3.11. The zero-order valence-electron chi connectivity index (χ0n) is 9.65. The van der Waals surface area contributed by atoms with E-state index in [-0.39, 0.29) is 30.2 Å². The van der Waals surface area contributed by atoms with Gasteiger partial charge < -0.3 is 5.73 Å². The van der Waals surface area contributed by atoms with Gasteiger partial charge in [-0.15, -0.1) is 0 Å². The van der Waals surface area contributed by atoms with Crippen molar-refractivity contribution in [2.24, 2.45) is 5.73 Å². The van der Waals surface area contributed by atoms with E-state index in [1.165, 1.54) is 0 Å². The maximum atomic E-state index is 12.7. The summed E-state index contributed by atoms with van der Waals surface area (Å²) in [6.45, 7) is 3.57. The Morgan fingerprint density at radius 1 is 1.47 bits per heavy atom. The highest BCUT2D eigenvalue weighted by Gasteiger charge is 2.37. The summed E-state index contributed by atoms with van der Waals surface area (Å²) in [4.78, 5) is 0. The van der Waals surface area contributed by atoms with E-state index in [2.05, 4.69) is 10.2 Å². The van der Waals surface area contributed by atoms with Crippen molar-refractivity contribution in [1.29, 1.82) is 5.41 Å². The topological polar surface area (TPSA) is 78.5 Å². The molecule has 0 saturated heterocycles. The summed E-state index contributed by atoms with van der Waals surface area (Å²) in [5, 5.41) is 12.8. The number of aromatic amines is 1. The van der Waals surface area contributed by atoms with Crippen molar-refractivity contribution in [3.63, 3.8) is 0 Å². The molecule has 0 atom stereocenters. The third-order valence-electron chi connectivity index (χ3n) is 2.39. The van der Waals surface area contributed by atoms with E-state index in [1.54, 1.807) is 13.8 Å². The highest BCUT2D eigenvalue weighted by molar-refractivity contribution is 5.77. The molecule has 0 unspecified atom stereocenters. The first-order chi connectivity index (χ1) is 7.73. The Morgan fingerprint density at radius 2 is 2.06 bits per heavy atom. The number of alkyl halides is 3. The number of aromatic nitrogens is 2. The summed E-state index contributed by atoms with van der Waals surface area (Å²) in [5.41, 5.74) is 4.84. The van der Waals surface area contributed by atoms with Crippen LogP contribution in [0.4, 0.5) is 13.2 Å². The molecule has 0 bridgehead atoms. The lowest BCUT2D eigenvalue weighted by Gasteiger charge is -2.09. The molecule has 0 aliphatic rings. The van der Waals surface area contributed by atoms with Crippen molar-refractivity contribution in [3.8, 4) is 0 Å². The molecule has 17 heavy (non-hydrogen) atoms. The zero-order chi connectivity index (χ0) is 13.2. The van der Waals surface area contributed by atoms with Crippen molar-refractivity contribution in [1.82, 2.24) is 10.2 Å². The van der Waals surface area contributed by atoms with Crippen molar-refractivity contribution < 1.29 is 13.2 Å². The normalized spacial score (nSPS) is 12.1. The van der Waals surface area contributed by atoms with Crippen LogP contribution in [-0.4, -0.2) is 16.0 Å². The van der Waals surface area contributed by atoms with Crippen LogP contribution in [-0.2, 0) is 12.6 Å². The van der Waals surface area contributed by atoms with Gasteiger partial charge in [-0.3, -0.25) is 10.5 Å². The number of amidine groups is 1. The van der Waals surface area contributed by atoms with Crippen LogP contribution >= 0.6 is 0 Å². The lowest BCUT2D eigenvalue weighted by Crippen LogP contribution is -2.14. The van der Waals surface area contributed by atoms with E-state index < -0.39 is 11.9 Å². The van der Waals surface area contributed by atoms with E-state index in [0.717, 1.165) is 0 Å². The summed E-state index contributed by atoms with van der Waals surface area (Å²) in [6, 6.07) is 0. The molecule has 0 aliphatic heterocycles. The largest absolute Gasteiger partial charge is 0.435 e. The van der Waals surface area contributed by atoms with Gasteiger partial charge in [-0.2, -0.15) is 18.3 Å². The molecule has 96 valence electrons. The van der Waals surface area contributed by atoms with Gasteiger partial charge in [-0.1, -0.05) is 13.8 Å². The van der Waals surface area contributed by atoms with Crippen LogP contribution in [0.5, 0.6) is 0 Å². The average molecular weight is 248 g/mol. The van der Waals surface area contributed by atoms with E-state index in [0.29, 0.717) is 5.69 Å². The van der Waals surface area contributed by atoms with Crippen LogP contribution in [0.1, 0.15) is 43.1 Å². The maximum absolute atomic E-state index is 12.7. The number of halogens is 3. The molecule has 1 heterocycles. The van der Waals surface area contributed by atoms with Crippen molar-refractivity contribution in [2.45, 2.75) is 38.8 Å². The monoisotopic (exact) mass is 248 g/mol. The number of nitrogens with zero attached hydrogens (tertiary/aromatic N) is 1. The van der Waals surface area contributed by atoms with Crippen LogP contribution in [0, 0.1) is 5.41 Å². The second-order valence-corrected chi connectivity index (χ2v) is 4.14. The van der Waals surface area contributed by atoms with Gasteiger partial charge in [0, 0.05) is 17.7 Å². The minimum Gasteiger partial charge on any atom is -0.388 e. The number of hydrogen-bond acceptors (Lipinski definition) is 2. The van der Waals surface area contributed by atoms with Gasteiger partial charge in [0.15, 0.2) is 5.69 Å². The Kier molecular flexibility index (Phi) is 3.79. The predicted octanol–water partition coefficient (Wildman–Crippen LogP) is 2.42. The summed E-state index contributed by atoms with van der Waals surface area (Å²) >= 11 is 0. The van der Waals surface area contributed by atoms with Crippen molar-refractivity contribution in [2.75, 3.05) is 0 Å². The quantitative estimate of drug-likeness (QED) is 0.565. The van der Waals surface area contributed by atoms with Crippen molar-refractivity contribution in [3.05, 3.63) is 17.0 Å². The fourth-order valence-electron chi connectivity index (χ4n) is 1.60. The molecule has 0 saturated carbocycles. The maximum Gasteiger partial charge on any atom is 0.435 e. The molecule has 1 aromatic heterocycles. The van der Waals surface area contributed by atoms with Gasteiger partial charge >= 0.3 is 6.18 Å². The molecule has 0 radical (unpaired) electrons. The van der Waals surface area contributed by atoms with Gasteiger partial charge in [0.1, 0.15) is 0 Å². The van der Waals surface area contributed by atoms with Crippen molar-refractivity contribution >= 4 is 5.84 Å². The van der Waals surface area contributed by atoms with Gasteiger partial charge in [-0.05, 0) is 12.3 Å². The average Bonchev–Trinajstić information content (AvgIpc) is 2.56. The smallest absolute Gasteiger partial charge is 0.388 e. The van der Waals surface area contributed by atoms with Gasteiger partial charge in [0.25, 0.3) is 0 Å². The van der Waals surface area contributed by atoms with E-state index in [4.69, 9.17) is 11.1 Å². The molecule has 7 heteroatoms. The zero-order valence-corrected chi connectivity index (χ0v) is 9.65. The Bertz CT molecular complexity index is 406. The number of H-pyrrole nitrogens is 1.